The summed E-state index contributed by atoms with van der Waals surface area (Å²) < 4.78 is 31.0. The molecular formula is C22H29ClN2O4S. The minimum absolute atomic E-state index is 0.0387. The number of benzene rings is 2. The van der Waals surface area contributed by atoms with Gasteiger partial charge in [-0.15, -0.1) is 0 Å². The van der Waals surface area contributed by atoms with Crippen LogP contribution in [0.4, 0.5) is 5.69 Å². The molecule has 0 bridgehead atoms. The van der Waals surface area contributed by atoms with Gasteiger partial charge < -0.3 is 10.1 Å². The van der Waals surface area contributed by atoms with Gasteiger partial charge in [0.25, 0.3) is 0 Å². The number of nitrogens with one attached hydrogen (secondary N) is 1. The number of anilines is 1. The van der Waals surface area contributed by atoms with E-state index in [-0.39, 0.29) is 23.7 Å². The van der Waals surface area contributed by atoms with E-state index < -0.39 is 15.9 Å². The van der Waals surface area contributed by atoms with E-state index in [1.165, 1.54) is 18.7 Å². The molecule has 2 aromatic carbocycles. The van der Waals surface area contributed by atoms with Crippen LogP contribution < -0.4 is 14.4 Å². The minimum Gasteiger partial charge on any atom is -0.495 e. The van der Waals surface area contributed by atoms with Gasteiger partial charge in [-0.2, -0.15) is 0 Å². The van der Waals surface area contributed by atoms with Gasteiger partial charge in [-0.1, -0.05) is 56.6 Å². The molecular weight excluding hydrogens is 424 g/mol. The SMILES string of the molecule is COc1ccc(Cl)cc1N(CC(=O)N[C@H](C)c1ccc(C(C)(C)C)cc1)S(C)(=O)=O. The van der Waals surface area contributed by atoms with E-state index in [1.54, 1.807) is 12.1 Å². The molecule has 8 heteroatoms. The van der Waals surface area contributed by atoms with Crippen LogP contribution >= 0.6 is 11.6 Å². The molecule has 0 saturated heterocycles. The summed E-state index contributed by atoms with van der Waals surface area (Å²) in [5.74, 6) is -0.127. The Morgan fingerprint density at radius 2 is 1.77 bits per heavy atom. The molecule has 30 heavy (non-hydrogen) atoms. The summed E-state index contributed by atoms with van der Waals surface area (Å²) in [6, 6.07) is 12.4. The number of ether oxygens (including phenoxy) is 1. The predicted molar refractivity (Wildman–Crippen MR) is 122 cm³/mol. The minimum atomic E-state index is -3.75. The summed E-state index contributed by atoms with van der Waals surface area (Å²) in [7, 11) is -2.32. The van der Waals surface area contributed by atoms with Gasteiger partial charge in [0.15, 0.2) is 0 Å². The van der Waals surface area contributed by atoms with Crippen molar-refractivity contribution in [3.63, 3.8) is 0 Å². The second kappa shape index (κ2) is 9.27. The molecule has 1 atom stereocenters. The van der Waals surface area contributed by atoms with Gasteiger partial charge >= 0.3 is 0 Å². The third-order valence-corrected chi connectivity index (χ3v) is 6.11. The van der Waals surface area contributed by atoms with E-state index in [2.05, 4.69) is 26.1 Å². The lowest BCUT2D eigenvalue weighted by atomic mass is 9.86. The predicted octanol–water partition coefficient (Wildman–Crippen LogP) is 4.29. The third-order valence-electron chi connectivity index (χ3n) is 4.75. The quantitative estimate of drug-likeness (QED) is 0.679. The largest absolute Gasteiger partial charge is 0.495 e. The first-order valence-corrected chi connectivity index (χ1v) is 11.8. The molecule has 164 valence electrons. The van der Waals surface area contributed by atoms with Crippen LogP contribution in [0.5, 0.6) is 5.75 Å². The van der Waals surface area contributed by atoms with Crippen LogP contribution in [0.15, 0.2) is 42.5 Å². The molecule has 0 aliphatic carbocycles. The number of halogens is 1. The zero-order valence-corrected chi connectivity index (χ0v) is 19.8. The highest BCUT2D eigenvalue weighted by Crippen LogP contribution is 2.32. The fraction of sp³-hybridized carbons (Fsp3) is 0.409. The fourth-order valence-electron chi connectivity index (χ4n) is 3.01. The second-order valence-electron chi connectivity index (χ2n) is 8.25. The zero-order chi connectivity index (χ0) is 22.7. The lowest BCUT2D eigenvalue weighted by Crippen LogP contribution is -2.41. The number of rotatable bonds is 7. The first-order valence-electron chi connectivity index (χ1n) is 9.54. The van der Waals surface area contributed by atoms with Crippen molar-refractivity contribution < 1.29 is 17.9 Å². The van der Waals surface area contributed by atoms with Crippen LogP contribution in [0.25, 0.3) is 0 Å². The van der Waals surface area contributed by atoms with Crippen molar-refractivity contribution in [3.8, 4) is 5.75 Å². The number of carbonyl (C=O) groups excluding carboxylic acids is 1. The molecule has 1 N–H and O–H groups in total. The molecule has 1 amide bonds. The lowest BCUT2D eigenvalue weighted by Gasteiger charge is -2.25. The number of hydrogen-bond donors (Lipinski definition) is 1. The van der Waals surface area contributed by atoms with Crippen molar-refractivity contribution in [2.24, 2.45) is 0 Å². The topological polar surface area (TPSA) is 75.7 Å². The van der Waals surface area contributed by atoms with Crippen molar-refractivity contribution in [2.75, 3.05) is 24.2 Å². The maximum atomic E-state index is 12.7. The van der Waals surface area contributed by atoms with Crippen molar-refractivity contribution >= 4 is 33.2 Å². The van der Waals surface area contributed by atoms with Crippen LogP contribution in [-0.2, 0) is 20.2 Å². The Labute approximate surface area is 184 Å². The molecule has 2 aromatic rings. The molecule has 0 fully saturated rings. The molecule has 0 radical (unpaired) electrons. The van der Waals surface area contributed by atoms with E-state index in [0.29, 0.717) is 10.8 Å². The number of hydrogen-bond acceptors (Lipinski definition) is 4. The van der Waals surface area contributed by atoms with Crippen LogP contribution in [0.3, 0.4) is 0 Å². The molecule has 0 saturated carbocycles. The highest BCUT2D eigenvalue weighted by molar-refractivity contribution is 7.92. The summed E-state index contributed by atoms with van der Waals surface area (Å²) in [5, 5.41) is 3.20. The number of amides is 1. The first kappa shape index (κ1) is 24.0. The number of carbonyl (C=O) groups is 1. The standard InChI is InChI=1S/C22H29ClN2O4S/c1-15(16-7-9-17(10-8-16)22(2,3)4)24-21(26)14-25(30(6,27)28)19-13-18(23)11-12-20(19)29-5/h7-13,15H,14H2,1-6H3,(H,24,26)/t15-/m1/s1. The molecule has 2 rings (SSSR count). The Bertz CT molecular complexity index is 999. The van der Waals surface area contributed by atoms with Gasteiger partial charge in [-0.05, 0) is 41.7 Å². The average Bonchev–Trinajstić information content (AvgIpc) is 2.64. The molecule has 0 heterocycles. The zero-order valence-electron chi connectivity index (χ0n) is 18.2. The van der Waals surface area contributed by atoms with Gasteiger partial charge in [-0.25, -0.2) is 8.42 Å². The van der Waals surface area contributed by atoms with Gasteiger partial charge in [0.05, 0.1) is 25.1 Å². The monoisotopic (exact) mass is 452 g/mol. The van der Waals surface area contributed by atoms with Crippen molar-refractivity contribution in [3.05, 3.63) is 58.6 Å². The highest BCUT2D eigenvalue weighted by atomic mass is 35.5. The fourth-order valence-corrected chi connectivity index (χ4v) is 4.03. The molecule has 0 unspecified atom stereocenters. The highest BCUT2D eigenvalue weighted by Gasteiger charge is 2.25. The summed E-state index contributed by atoms with van der Waals surface area (Å²) in [5.41, 5.74) is 2.38. The Balaban J connectivity index is 2.20. The molecule has 0 aromatic heterocycles. The molecule has 0 aliphatic rings. The summed E-state index contributed by atoms with van der Waals surface area (Å²) in [6.07, 6.45) is 1.04. The van der Waals surface area contributed by atoms with E-state index in [4.69, 9.17) is 16.3 Å². The number of nitrogens with zero attached hydrogens (tertiary/aromatic N) is 1. The third kappa shape index (κ3) is 6.12. The van der Waals surface area contributed by atoms with Crippen molar-refractivity contribution in [1.29, 1.82) is 0 Å². The Morgan fingerprint density at radius 3 is 2.27 bits per heavy atom. The Kier molecular flexibility index (Phi) is 7.42. The molecule has 0 aliphatic heterocycles. The van der Waals surface area contributed by atoms with Crippen LogP contribution in [0, 0.1) is 0 Å². The van der Waals surface area contributed by atoms with Crippen LogP contribution in [0.2, 0.25) is 5.02 Å². The summed E-state index contributed by atoms with van der Waals surface area (Å²) in [4.78, 5) is 12.7. The smallest absolute Gasteiger partial charge is 0.241 e. The van der Waals surface area contributed by atoms with E-state index in [9.17, 15) is 13.2 Å². The molecule has 0 spiro atoms. The second-order valence-corrected chi connectivity index (χ2v) is 10.6. The van der Waals surface area contributed by atoms with E-state index in [0.717, 1.165) is 16.1 Å². The van der Waals surface area contributed by atoms with Gasteiger partial charge in [-0.3, -0.25) is 9.10 Å². The first-order chi connectivity index (χ1) is 13.8. The Morgan fingerprint density at radius 1 is 1.17 bits per heavy atom. The maximum absolute atomic E-state index is 12.7. The van der Waals surface area contributed by atoms with Crippen LogP contribution in [0.1, 0.15) is 44.9 Å². The lowest BCUT2D eigenvalue weighted by molar-refractivity contribution is -0.120. The molecule has 6 nitrogen and oxygen atoms in total. The van der Waals surface area contributed by atoms with Crippen molar-refractivity contribution in [2.45, 2.75) is 39.2 Å². The number of methoxy groups -OCH3 is 1. The average molecular weight is 453 g/mol. The van der Waals surface area contributed by atoms with E-state index >= 15 is 0 Å². The summed E-state index contributed by atoms with van der Waals surface area (Å²) in [6.45, 7) is 7.87. The maximum Gasteiger partial charge on any atom is 0.241 e. The van der Waals surface area contributed by atoms with E-state index in [1.807, 2.05) is 31.2 Å². The van der Waals surface area contributed by atoms with Crippen LogP contribution in [-0.4, -0.2) is 34.2 Å². The van der Waals surface area contributed by atoms with Gasteiger partial charge in [0, 0.05) is 5.02 Å². The summed E-state index contributed by atoms with van der Waals surface area (Å²) >= 11 is 6.04. The van der Waals surface area contributed by atoms with Gasteiger partial charge in [0.2, 0.25) is 15.9 Å². The number of sulfonamides is 1. The van der Waals surface area contributed by atoms with Gasteiger partial charge in [0.1, 0.15) is 12.3 Å². The van der Waals surface area contributed by atoms with Crippen molar-refractivity contribution in [1.82, 2.24) is 5.32 Å². The Hall–Kier alpha value is -2.25. The normalized spacial score (nSPS) is 12.9.